The van der Waals surface area contributed by atoms with Gasteiger partial charge in [-0.05, 0) is 41.3 Å². The fraction of sp³-hybridized carbons (Fsp3) is 0.222. The van der Waals surface area contributed by atoms with Gasteiger partial charge in [0, 0.05) is 5.69 Å². The number of amides is 1. The standard InChI is InChI=1S/C18H14F3NO3/c19-18(20,21)14-3-1-2-10(7-14)11-4-5-12-6-13(9-16(23)24)17(25)22-15(12)8-11/h1-5,7-8,13H,6,9H2,(H,22,25)(H,23,24). The lowest BCUT2D eigenvalue weighted by atomic mass is 9.89. The summed E-state index contributed by atoms with van der Waals surface area (Å²) in [6.07, 6.45) is -4.40. The van der Waals surface area contributed by atoms with Crippen molar-refractivity contribution in [2.24, 2.45) is 5.92 Å². The van der Waals surface area contributed by atoms with Crippen molar-refractivity contribution in [1.29, 1.82) is 0 Å². The molecule has 1 amide bonds. The average Bonchev–Trinajstić information content (AvgIpc) is 2.54. The SMILES string of the molecule is O=C(O)CC1Cc2ccc(-c3cccc(C(F)(F)F)c3)cc2NC1=O. The van der Waals surface area contributed by atoms with Gasteiger partial charge in [-0.15, -0.1) is 0 Å². The van der Waals surface area contributed by atoms with Crippen LogP contribution in [-0.2, 0) is 22.2 Å². The molecule has 0 bridgehead atoms. The molecule has 2 N–H and O–H groups in total. The maximum Gasteiger partial charge on any atom is 0.416 e. The van der Waals surface area contributed by atoms with Gasteiger partial charge in [-0.2, -0.15) is 13.2 Å². The minimum Gasteiger partial charge on any atom is -0.481 e. The van der Waals surface area contributed by atoms with Crippen molar-refractivity contribution in [2.45, 2.75) is 19.0 Å². The van der Waals surface area contributed by atoms with Crippen molar-refractivity contribution in [1.82, 2.24) is 0 Å². The summed E-state index contributed by atoms with van der Waals surface area (Å²) in [5.74, 6) is -2.09. The third kappa shape index (κ3) is 3.65. The topological polar surface area (TPSA) is 66.4 Å². The number of nitrogens with one attached hydrogen (secondary N) is 1. The van der Waals surface area contributed by atoms with Crippen LogP contribution in [0.1, 0.15) is 17.5 Å². The summed E-state index contributed by atoms with van der Waals surface area (Å²) in [5, 5.41) is 11.5. The Morgan fingerprint density at radius 3 is 2.56 bits per heavy atom. The second kappa shape index (κ2) is 6.23. The van der Waals surface area contributed by atoms with E-state index in [0.717, 1.165) is 17.7 Å². The Balaban J connectivity index is 1.92. The lowest BCUT2D eigenvalue weighted by molar-refractivity contribution is -0.140. The average molecular weight is 349 g/mol. The van der Waals surface area contributed by atoms with Crippen molar-refractivity contribution in [3.05, 3.63) is 53.6 Å². The highest BCUT2D eigenvalue weighted by Crippen LogP contribution is 2.35. The number of carboxylic acids is 1. The number of hydrogen-bond donors (Lipinski definition) is 2. The number of halogens is 3. The van der Waals surface area contributed by atoms with E-state index in [-0.39, 0.29) is 12.8 Å². The van der Waals surface area contributed by atoms with E-state index in [1.165, 1.54) is 6.07 Å². The Bertz CT molecular complexity index is 846. The van der Waals surface area contributed by atoms with Crippen molar-refractivity contribution in [2.75, 3.05) is 5.32 Å². The van der Waals surface area contributed by atoms with E-state index in [4.69, 9.17) is 5.11 Å². The number of carboxylic acid groups (broad SMARTS) is 1. The Morgan fingerprint density at radius 2 is 1.88 bits per heavy atom. The number of alkyl halides is 3. The van der Waals surface area contributed by atoms with Crippen LogP contribution in [-0.4, -0.2) is 17.0 Å². The number of anilines is 1. The van der Waals surface area contributed by atoms with E-state index in [9.17, 15) is 22.8 Å². The lowest BCUT2D eigenvalue weighted by Gasteiger charge is -2.24. The first-order chi connectivity index (χ1) is 11.7. The highest BCUT2D eigenvalue weighted by molar-refractivity contribution is 5.98. The van der Waals surface area contributed by atoms with Gasteiger partial charge in [0.15, 0.2) is 0 Å². The van der Waals surface area contributed by atoms with Gasteiger partial charge in [-0.1, -0.05) is 24.3 Å². The summed E-state index contributed by atoms with van der Waals surface area (Å²) in [4.78, 5) is 22.8. The van der Waals surface area contributed by atoms with Crippen LogP contribution in [0.25, 0.3) is 11.1 Å². The Morgan fingerprint density at radius 1 is 1.16 bits per heavy atom. The third-order valence-electron chi connectivity index (χ3n) is 4.15. The third-order valence-corrected chi connectivity index (χ3v) is 4.15. The van der Waals surface area contributed by atoms with Crippen LogP contribution in [0, 0.1) is 5.92 Å². The first kappa shape index (κ1) is 17.0. The van der Waals surface area contributed by atoms with Crippen LogP contribution < -0.4 is 5.32 Å². The van der Waals surface area contributed by atoms with Gasteiger partial charge < -0.3 is 10.4 Å². The van der Waals surface area contributed by atoms with Gasteiger partial charge in [-0.3, -0.25) is 9.59 Å². The second-order valence-corrected chi connectivity index (χ2v) is 5.94. The number of carbonyl (C=O) groups excluding carboxylic acids is 1. The smallest absolute Gasteiger partial charge is 0.416 e. The molecule has 0 saturated carbocycles. The minimum atomic E-state index is -4.43. The summed E-state index contributed by atoms with van der Waals surface area (Å²) >= 11 is 0. The van der Waals surface area contributed by atoms with Crippen molar-refractivity contribution >= 4 is 17.6 Å². The number of aliphatic carboxylic acids is 1. The summed E-state index contributed by atoms with van der Waals surface area (Å²) in [5.41, 5.74) is 1.46. The summed E-state index contributed by atoms with van der Waals surface area (Å²) < 4.78 is 38.6. The fourth-order valence-electron chi connectivity index (χ4n) is 2.89. The molecular weight excluding hydrogens is 335 g/mol. The monoisotopic (exact) mass is 349 g/mol. The molecule has 1 heterocycles. The molecule has 25 heavy (non-hydrogen) atoms. The summed E-state index contributed by atoms with van der Waals surface area (Å²) in [6.45, 7) is 0. The van der Waals surface area contributed by atoms with E-state index in [0.29, 0.717) is 16.8 Å². The zero-order chi connectivity index (χ0) is 18.2. The largest absolute Gasteiger partial charge is 0.481 e. The van der Waals surface area contributed by atoms with Crippen molar-refractivity contribution < 1.29 is 27.9 Å². The molecule has 2 aromatic rings. The zero-order valence-corrected chi connectivity index (χ0v) is 12.9. The first-order valence-electron chi connectivity index (χ1n) is 7.57. The minimum absolute atomic E-state index is 0.263. The van der Waals surface area contributed by atoms with Gasteiger partial charge >= 0.3 is 12.1 Å². The Labute approximate surface area is 141 Å². The van der Waals surface area contributed by atoms with Crippen LogP contribution in [0.3, 0.4) is 0 Å². The van der Waals surface area contributed by atoms with Gasteiger partial charge in [0.05, 0.1) is 17.9 Å². The normalized spacial score (nSPS) is 16.9. The van der Waals surface area contributed by atoms with E-state index >= 15 is 0 Å². The van der Waals surface area contributed by atoms with Gasteiger partial charge in [0.2, 0.25) is 5.91 Å². The van der Waals surface area contributed by atoms with Crippen LogP contribution in [0.2, 0.25) is 0 Å². The summed E-state index contributed by atoms with van der Waals surface area (Å²) in [6, 6.07) is 9.94. The molecule has 1 unspecified atom stereocenters. The predicted octanol–water partition coefficient (Wildman–Crippen LogP) is 3.96. The molecule has 1 aliphatic rings. The van der Waals surface area contributed by atoms with Crippen molar-refractivity contribution in [3.63, 3.8) is 0 Å². The molecule has 0 saturated heterocycles. The van der Waals surface area contributed by atoms with Gasteiger partial charge in [0.25, 0.3) is 0 Å². The van der Waals surface area contributed by atoms with Crippen LogP contribution >= 0.6 is 0 Å². The predicted molar refractivity (Wildman–Crippen MR) is 85.0 cm³/mol. The van der Waals surface area contributed by atoms with E-state index in [2.05, 4.69) is 5.32 Å². The molecule has 1 aliphatic heterocycles. The van der Waals surface area contributed by atoms with Crippen molar-refractivity contribution in [3.8, 4) is 11.1 Å². The number of hydrogen-bond acceptors (Lipinski definition) is 2. The molecule has 1 atom stereocenters. The number of carbonyl (C=O) groups is 2. The quantitative estimate of drug-likeness (QED) is 0.881. The molecule has 2 aromatic carbocycles. The number of benzene rings is 2. The van der Waals surface area contributed by atoms with Crippen LogP contribution in [0.5, 0.6) is 0 Å². The Kier molecular flexibility index (Phi) is 4.24. The maximum atomic E-state index is 12.9. The molecule has 0 fully saturated rings. The Hall–Kier alpha value is -2.83. The summed E-state index contributed by atoms with van der Waals surface area (Å²) in [7, 11) is 0. The molecule has 0 aromatic heterocycles. The molecule has 3 rings (SSSR count). The highest BCUT2D eigenvalue weighted by atomic mass is 19.4. The zero-order valence-electron chi connectivity index (χ0n) is 12.9. The molecule has 0 spiro atoms. The lowest BCUT2D eigenvalue weighted by Crippen LogP contribution is -2.31. The molecule has 0 radical (unpaired) electrons. The molecule has 130 valence electrons. The highest BCUT2D eigenvalue weighted by Gasteiger charge is 2.31. The fourth-order valence-corrected chi connectivity index (χ4v) is 2.89. The number of rotatable bonds is 3. The number of fused-ring (bicyclic) bond motifs is 1. The van der Waals surface area contributed by atoms with Crippen LogP contribution in [0.4, 0.5) is 18.9 Å². The molecule has 0 aliphatic carbocycles. The van der Waals surface area contributed by atoms with Crippen LogP contribution in [0.15, 0.2) is 42.5 Å². The van der Waals surface area contributed by atoms with Gasteiger partial charge in [0.1, 0.15) is 0 Å². The van der Waals surface area contributed by atoms with Gasteiger partial charge in [-0.25, -0.2) is 0 Å². The molecule has 4 nitrogen and oxygen atoms in total. The molecular formula is C18H14F3NO3. The van der Waals surface area contributed by atoms with E-state index < -0.39 is 29.5 Å². The molecule has 7 heteroatoms. The van der Waals surface area contributed by atoms with E-state index in [1.807, 2.05) is 0 Å². The first-order valence-corrected chi connectivity index (χ1v) is 7.57. The maximum absolute atomic E-state index is 12.9. The second-order valence-electron chi connectivity index (χ2n) is 5.94. The van der Waals surface area contributed by atoms with E-state index in [1.54, 1.807) is 24.3 Å².